The van der Waals surface area contributed by atoms with Crippen LogP contribution in [0, 0.1) is 0 Å². The molecule has 0 N–H and O–H groups in total. The van der Waals surface area contributed by atoms with Gasteiger partial charge in [-0.2, -0.15) is 0 Å². The molecule has 1 heterocycles. The van der Waals surface area contributed by atoms with Gasteiger partial charge in [0.1, 0.15) is 11.5 Å². The molecule has 292 valence electrons. The Morgan fingerprint density at radius 2 is 0.707 bits per heavy atom. The summed E-state index contributed by atoms with van der Waals surface area (Å²) in [5.74, 6) is -4.02. The van der Waals surface area contributed by atoms with Gasteiger partial charge in [0.15, 0.2) is 26.5 Å². The number of benzene rings is 6. The predicted octanol–water partition coefficient (Wildman–Crippen LogP) is 6.10. The van der Waals surface area contributed by atoms with Gasteiger partial charge in [-0.1, -0.05) is 133 Å². The Morgan fingerprint density at radius 3 is 1.00 bits per heavy atom. The number of carbonyl (C=O) groups is 4. The number of rotatable bonds is 6. The molecule has 0 amide bonds. The molecular formula is C46H38O10P2. The molecule has 0 fully saturated rings. The third-order valence-corrected chi connectivity index (χ3v) is 15.9. The highest BCUT2D eigenvalue weighted by atomic mass is 31.2. The highest BCUT2D eigenvalue weighted by Gasteiger charge is 2.40. The zero-order valence-corrected chi connectivity index (χ0v) is 33.3. The second-order valence-electron chi connectivity index (χ2n) is 13.5. The molecule has 1 aliphatic heterocycles. The fraction of sp³-hybridized carbons (Fsp3) is 0.130. The lowest BCUT2D eigenvalue weighted by atomic mass is 10.0. The van der Waals surface area contributed by atoms with E-state index in [0.717, 1.165) is 0 Å². The number of hydrogen-bond donors (Lipinski definition) is 0. The average Bonchev–Trinajstić information content (AvgIpc) is 3.26. The Bertz CT molecular complexity index is 2310. The molecule has 6 aromatic rings. The van der Waals surface area contributed by atoms with Crippen LogP contribution >= 0.6 is 14.3 Å². The van der Waals surface area contributed by atoms with E-state index in [4.69, 9.17) is 18.9 Å². The molecule has 0 saturated heterocycles. The van der Waals surface area contributed by atoms with E-state index in [9.17, 15) is 19.2 Å². The van der Waals surface area contributed by atoms with Crippen molar-refractivity contribution in [3.8, 4) is 22.6 Å². The van der Waals surface area contributed by atoms with Crippen LogP contribution in [0.1, 0.15) is 26.7 Å². The maximum Gasteiger partial charge on any atom is 0.352 e. The molecule has 10 nitrogen and oxygen atoms in total. The molecule has 7 rings (SSSR count). The summed E-state index contributed by atoms with van der Waals surface area (Å²) in [5, 5.41) is 2.06. The van der Waals surface area contributed by atoms with Crippen LogP contribution in [0.5, 0.6) is 11.5 Å². The van der Waals surface area contributed by atoms with Gasteiger partial charge in [-0.15, -0.1) is 0 Å². The monoisotopic (exact) mass is 812 g/mol. The Balaban J connectivity index is 1.64. The quantitative estimate of drug-likeness (QED) is 0.110. The number of hydrogen-bond acceptors (Lipinski definition) is 10. The summed E-state index contributed by atoms with van der Waals surface area (Å²) < 4.78 is 55.7. The minimum absolute atomic E-state index is 0.0349. The summed E-state index contributed by atoms with van der Waals surface area (Å²) in [7, 11) is -7.94. The highest BCUT2D eigenvalue weighted by molar-refractivity contribution is 7.86. The zero-order chi connectivity index (χ0) is 40.9. The average molecular weight is 813 g/mol. The van der Waals surface area contributed by atoms with Crippen LogP contribution in [0.15, 0.2) is 158 Å². The summed E-state index contributed by atoms with van der Waals surface area (Å²) in [4.78, 5) is 53.3. The SMILES string of the molecule is C[C@@H]1OC(=O)CCC(=O)O[C@@H](C)C(=O)Oc2cccc(P(=O)(c3ccccc3)c3ccccc3)c2-c2c(cccc2P(=O)(c2ccccc2)c2ccccc2)OC1=O. The van der Waals surface area contributed by atoms with Crippen LogP contribution in [-0.2, 0) is 37.8 Å². The predicted molar refractivity (Wildman–Crippen MR) is 222 cm³/mol. The van der Waals surface area contributed by atoms with Gasteiger partial charge in [0.05, 0.1) is 12.8 Å². The second kappa shape index (κ2) is 17.0. The first kappa shape index (κ1) is 39.9. The van der Waals surface area contributed by atoms with Crippen molar-refractivity contribution >= 4 is 70.0 Å². The number of cyclic esters (lactones) is 2. The number of ether oxygens (including phenoxy) is 4. The summed E-state index contributed by atoms with van der Waals surface area (Å²) in [6.45, 7) is 2.65. The molecule has 0 spiro atoms. The maximum atomic E-state index is 16.4. The smallest absolute Gasteiger partial charge is 0.352 e. The molecule has 6 aromatic carbocycles. The van der Waals surface area contributed by atoms with Gasteiger partial charge in [0.25, 0.3) is 0 Å². The lowest BCUT2D eigenvalue weighted by molar-refractivity contribution is -0.165. The topological polar surface area (TPSA) is 139 Å². The lowest BCUT2D eigenvalue weighted by Crippen LogP contribution is -2.33. The van der Waals surface area contributed by atoms with E-state index >= 15 is 9.13 Å². The van der Waals surface area contributed by atoms with Crippen molar-refractivity contribution in [1.29, 1.82) is 0 Å². The molecule has 12 heteroatoms. The van der Waals surface area contributed by atoms with Crippen molar-refractivity contribution in [3.05, 3.63) is 158 Å². The third-order valence-electron chi connectivity index (χ3n) is 9.65. The standard InChI is InChI=1S/C46H38O10P2/c1-31-45(49)55-37-25-15-27-39(57(51,33-17-7-3-8-18-33)34-19-9-4-10-20-34)43(37)44-38(56-46(50)32(2)54-42(48)30-29-41(47)53-31)26-16-28-40(44)58(52,35-21-11-5-12-22-35)36-23-13-6-14-24-36/h3-28,31-32H,29-30H2,1-2H3/t31-,32-/m0/s1. The molecule has 0 unspecified atom stereocenters. The minimum atomic E-state index is -3.97. The van der Waals surface area contributed by atoms with Gasteiger partial charge in [0, 0.05) is 43.0 Å². The fourth-order valence-corrected chi connectivity index (χ4v) is 12.6. The number of carbonyl (C=O) groups excluding carboxylic acids is 4. The molecule has 0 aliphatic carbocycles. The van der Waals surface area contributed by atoms with E-state index < -0.39 is 63.2 Å². The molecule has 0 saturated carbocycles. The van der Waals surface area contributed by atoms with Crippen molar-refractivity contribution in [2.75, 3.05) is 0 Å². The summed E-state index contributed by atoms with van der Waals surface area (Å²) in [6, 6.07) is 44.6. The molecule has 58 heavy (non-hydrogen) atoms. The van der Waals surface area contributed by atoms with E-state index in [-0.39, 0.29) is 33.2 Å². The summed E-state index contributed by atoms with van der Waals surface area (Å²) >= 11 is 0. The van der Waals surface area contributed by atoms with Crippen molar-refractivity contribution in [2.45, 2.75) is 38.9 Å². The van der Waals surface area contributed by atoms with E-state index in [1.807, 2.05) is 0 Å². The van der Waals surface area contributed by atoms with Crippen LogP contribution < -0.4 is 41.3 Å². The largest absolute Gasteiger partial charge is 0.451 e. The van der Waals surface area contributed by atoms with Gasteiger partial charge in [0.2, 0.25) is 0 Å². The Hall–Kier alpha value is -6.34. The Morgan fingerprint density at radius 1 is 0.414 bits per heavy atom. The van der Waals surface area contributed by atoms with Crippen LogP contribution in [0.3, 0.4) is 0 Å². The summed E-state index contributed by atoms with van der Waals surface area (Å²) in [6.07, 6.45) is -3.77. The molecule has 2 atom stereocenters. The van der Waals surface area contributed by atoms with Gasteiger partial charge >= 0.3 is 23.9 Å². The minimum Gasteiger partial charge on any atom is -0.451 e. The maximum absolute atomic E-state index is 16.4. The molecule has 1 aliphatic rings. The lowest BCUT2D eigenvalue weighted by Gasteiger charge is -2.29. The number of fused-ring (bicyclic) bond motifs is 3. The number of esters is 4. The summed E-state index contributed by atoms with van der Waals surface area (Å²) in [5.41, 5.74) is 0.0697. The van der Waals surface area contributed by atoms with Crippen LogP contribution in [-0.4, -0.2) is 36.1 Å². The molecule has 0 aromatic heterocycles. The zero-order valence-electron chi connectivity index (χ0n) is 31.6. The normalized spacial score (nSPS) is 16.8. The van der Waals surface area contributed by atoms with Crippen LogP contribution in [0.25, 0.3) is 11.1 Å². The fourth-order valence-electron chi connectivity index (χ4n) is 6.84. The Labute approximate surface area is 335 Å². The van der Waals surface area contributed by atoms with E-state index in [1.54, 1.807) is 146 Å². The van der Waals surface area contributed by atoms with Crippen molar-refractivity contribution in [1.82, 2.24) is 0 Å². The van der Waals surface area contributed by atoms with E-state index in [1.165, 1.54) is 26.0 Å². The third kappa shape index (κ3) is 7.82. The van der Waals surface area contributed by atoms with Gasteiger partial charge in [-0.3, -0.25) is 9.59 Å². The van der Waals surface area contributed by atoms with Gasteiger partial charge in [-0.05, 0) is 38.1 Å². The van der Waals surface area contributed by atoms with Crippen LogP contribution in [0.2, 0.25) is 0 Å². The molecular weight excluding hydrogens is 774 g/mol. The van der Waals surface area contributed by atoms with E-state index in [2.05, 4.69) is 0 Å². The van der Waals surface area contributed by atoms with Crippen molar-refractivity contribution in [3.63, 3.8) is 0 Å². The van der Waals surface area contributed by atoms with Crippen molar-refractivity contribution in [2.24, 2.45) is 0 Å². The molecule has 0 bridgehead atoms. The first-order valence-corrected chi connectivity index (χ1v) is 22.0. The van der Waals surface area contributed by atoms with Crippen LogP contribution in [0.4, 0.5) is 0 Å². The Kier molecular flexibility index (Phi) is 11.7. The van der Waals surface area contributed by atoms with E-state index in [0.29, 0.717) is 21.2 Å². The highest BCUT2D eigenvalue weighted by Crippen LogP contribution is 2.52. The first-order chi connectivity index (χ1) is 28.0. The van der Waals surface area contributed by atoms with Gasteiger partial charge < -0.3 is 28.1 Å². The van der Waals surface area contributed by atoms with Crippen molar-refractivity contribution < 1.29 is 47.3 Å². The first-order valence-electron chi connectivity index (χ1n) is 18.5. The molecule has 0 radical (unpaired) electrons. The van der Waals surface area contributed by atoms with Gasteiger partial charge in [-0.25, -0.2) is 9.59 Å². The second-order valence-corrected chi connectivity index (χ2v) is 18.9.